The molecule has 0 fully saturated rings. The third-order valence-electron chi connectivity index (χ3n) is 5.76. The molecule has 0 spiro atoms. The number of hydrogen-bond donors (Lipinski definition) is 3. The van der Waals surface area contributed by atoms with Crippen molar-refractivity contribution in [1.82, 2.24) is 15.5 Å². The van der Waals surface area contributed by atoms with Crippen molar-refractivity contribution in [3.05, 3.63) is 76.0 Å². The Hall–Kier alpha value is -3.65. The predicted molar refractivity (Wildman–Crippen MR) is 132 cm³/mol. The average Bonchev–Trinajstić information content (AvgIpc) is 3.38. The summed E-state index contributed by atoms with van der Waals surface area (Å²) in [6.07, 6.45) is 1.89. The lowest BCUT2D eigenvalue weighted by Gasteiger charge is -2.22. The van der Waals surface area contributed by atoms with Crippen LogP contribution in [0.3, 0.4) is 0 Å². The molecule has 2 heterocycles. The van der Waals surface area contributed by atoms with Crippen LogP contribution in [0.2, 0.25) is 0 Å². The van der Waals surface area contributed by atoms with Crippen LogP contribution < -0.4 is 10.6 Å². The number of nitrogens with zero attached hydrogens (tertiary/aromatic N) is 1. The van der Waals surface area contributed by atoms with Crippen molar-refractivity contribution in [2.24, 2.45) is 0 Å². The highest BCUT2D eigenvalue weighted by atomic mass is 32.1. The van der Waals surface area contributed by atoms with Crippen LogP contribution in [0, 0.1) is 0 Å². The first-order chi connectivity index (χ1) is 16.5. The first kappa shape index (κ1) is 23.5. The molecular formula is C26H27N3O4S. The SMILES string of the molecule is O=C1CN(C(=O)c2ccsc2)CCCCNC(=O)c2cccc(c2)-c2cc(ccc2O)CCN1. The van der Waals surface area contributed by atoms with Crippen molar-refractivity contribution in [3.63, 3.8) is 0 Å². The van der Waals surface area contributed by atoms with Gasteiger partial charge in [0.15, 0.2) is 0 Å². The van der Waals surface area contributed by atoms with Gasteiger partial charge in [-0.15, -0.1) is 0 Å². The topological polar surface area (TPSA) is 98.7 Å². The molecule has 4 bridgehead atoms. The second-order valence-corrected chi connectivity index (χ2v) is 9.01. The van der Waals surface area contributed by atoms with E-state index >= 15 is 0 Å². The molecule has 0 atom stereocenters. The monoisotopic (exact) mass is 477 g/mol. The zero-order valence-electron chi connectivity index (χ0n) is 18.8. The van der Waals surface area contributed by atoms with Gasteiger partial charge in [-0.05, 0) is 66.1 Å². The Bertz CT molecular complexity index is 1180. The minimum atomic E-state index is -0.218. The highest BCUT2D eigenvalue weighted by Gasteiger charge is 2.19. The van der Waals surface area contributed by atoms with E-state index in [1.54, 1.807) is 40.6 Å². The summed E-state index contributed by atoms with van der Waals surface area (Å²) in [4.78, 5) is 39.7. The van der Waals surface area contributed by atoms with Gasteiger partial charge in [-0.1, -0.05) is 18.2 Å². The lowest BCUT2D eigenvalue weighted by Crippen LogP contribution is -2.41. The van der Waals surface area contributed by atoms with Crippen LogP contribution in [0.25, 0.3) is 11.1 Å². The van der Waals surface area contributed by atoms with E-state index in [0.29, 0.717) is 55.6 Å². The van der Waals surface area contributed by atoms with E-state index in [-0.39, 0.29) is 30.0 Å². The normalized spacial score (nSPS) is 15.6. The van der Waals surface area contributed by atoms with Gasteiger partial charge in [-0.25, -0.2) is 0 Å². The number of amides is 3. The van der Waals surface area contributed by atoms with Gasteiger partial charge in [-0.2, -0.15) is 11.3 Å². The first-order valence-corrected chi connectivity index (χ1v) is 12.2. The molecule has 0 aliphatic carbocycles. The van der Waals surface area contributed by atoms with Crippen LogP contribution in [0.1, 0.15) is 39.1 Å². The number of phenols is 1. The van der Waals surface area contributed by atoms with Gasteiger partial charge < -0.3 is 20.6 Å². The van der Waals surface area contributed by atoms with Crippen LogP contribution >= 0.6 is 11.3 Å². The molecule has 1 aliphatic heterocycles. The molecule has 176 valence electrons. The quantitative estimate of drug-likeness (QED) is 0.500. The van der Waals surface area contributed by atoms with Gasteiger partial charge in [0, 0.05) is 36.1 Å². The van der Waals surface area contributed by atoms with Gasteiger partial charge in [0.1, 0.15) is 5.75 Å². The molecule has 0 unspecified atom stereocenters. The summed E-state index contributed by atoms with van der Waals surface area (Å²) in [6.45, 7) is 1.27. The molecule has 3 aromatic rings. The molecule has 8 heteroatoms. The van der Waals surface area contributed by atoms with Gasteiger partial charge >= 0.3 is 0 Å². The number of phenolic OH excluding ortho intramolecular Hbond substituents is 1. The zero-order valence-corrected chi connectivity index (χ0v) is 19.6. The number of thiophene rings is 1. The molecule has 0 saturated carbocycles. The summed E-state index contributed by atoms with van der Waals surface area (Å²) in [5.41, 5.74) is 3.41. The van der Waals surface area contributed by atoms with Crippen LogP contribution in [-0.4, -0.2) is 53.9 Å². The number of aromatic hydroxyl groups is 1. The largest absolute Gasteiger partial charge is 0.507 e. The lowest BCUT2D eigenvalue weighted by atomic mass is 9.98. The maximum Gasteiger partial charge on any atom is 0.255 e. The second kappa shape index (κ2) is 11.0. The van der Waals surface area contributed by atoms with Crippen molar-refractivity contribution in [2.75, 3.05) is 26.2 Å². The highest BCUT2D eigenvalue weighted by Crippen LogP contribution is 2.30. The molecule has 34 heavy (non-hydrogen) atoms. The van der Waals surface area contributed by atoms with Gasteiger partial charge in [0.25, 0.3) is 11.8 Å². The Labute approximate surface area is 202 Å². The fourth-order valence-electron chi connectivity index (χ4n) is 3.93. The smallest absolute Gasteiger partial charge is 0.255 e. The predicted octanol–water partition coefficient (Wildman–Crippen LogP) is 3.45. The van der Waals surface area contributed by atoms with Crippen LogP contribution in [0.4, 0.5) is 0 Å². The number of nitrogens with one attached hydrogen (secondary N) is 2. The van der Waals surface area contributed by atoms with E-state index in [1.807, 2.05) is 23.6 Å². The number of carbonyl (C=O) groups excluding carboxylic acids is 3. The molecule has 1 aromatic heterocycles. The summed E-state index contributed by atoms with van der Waals surface area (Å²) < 4.78 is 0. The van der Waals surface area contributed by atoms with Crippen LogP contribution in [-0.2, 0) is 11.2 Å². The van der Waals surface area contributed by atoms with E-state index in [4.69, 9.17) is 0 Å². The Morgan fingerprint density at radius 1 is 0.971 bits per heavy atom. The van der Waals surface area contributed by atoms with E-state index in [2.05, 4.69) is 10.6 Å². The second-order valence-electron chi connectivity index (χ2n) is 8.23. The Balaban J connectivity index is 1.55. The standard InChI is InChI=1S/C26H27N3O4S/c30-23-7-6-18-8-11-27-24(31)16-29(26(33)21-9-13-34-17-21)12-2-1-10-28-25(32)20-5-3-4-19(15-20)22(23)14-18/h3-7,9,13-15,17,30H,1-2,8,10-12,16H2,(H,27,31)(H,28,32). The molecule has 3 N–H and O–H groups in total. The lowest BCUT2D eigenvalue weighted by molar-refractivity contribution is -0.121. The van der Waals surface area contributed by atoms with Gasteiger partial charge in [0.05, 0.1) is 12.1 Å². The van der Waals surface area contributed by atoms with E-state index in [9.17, 15) is 19.5 Å². The highest BCUT2D eigenvalue weighted by molar-refractivity contribution is 7.08. The van der Waals surface area contributed by atoms with Crippen LogP contribution in [0.15, 0.2) is 59.3 Å². The maximum absolute atomic E-state index is 12.9. The first-order valence-electron chi connectivity index (χ1n) is 11.3. The Morgan fingerprint density at radius 3 is 2.65 bits per heavy atom. The number of fused-ring (bicyclic) bond motifs is 5. The minimum Gasteiger partial charge on any atom is -0.507 e. The number of rotatable bonds is 1. The average molecular weight is 478 g/mol. The Morgan fingerprint density at radius 2 is 1.82 bits per heavy atom. The van der Waals surface area contributed by atoms with Crippen molar-refractivity contribution in [2.45, 2.75) is 19.3 Å². The van der Waals surface area contributed by atoms with Crippen molar-refractivity contribution < 1.29 is 19.5 Å². The molecule has 4 rings (SSSR count). The molecule has 0 saturated heterocycles. The summed E-state index contributed by atoms with van der Waals surface area (Å²) in [5, 5.41) is 19.8. The third kappa shape index (κ3) is 5.82. The summed E-state index contributed by atoms with van der Waals surface area (Å²) >= 11 is 1.44. The molecular weight excluding hydrogens is 450 g/mol. The van der Waals surface area contributed by atoms with E-state index < -0.39 is 0 Å². The molecule has 3 amide bonds. The molecule has 7 nitrogen and oxygen atoms in total. The summed E-state index contributed by atoms with van der Waals surface area (Å²) in [6, 6.07) is 14.2. The van der Waals surface area contributed by atoms with Crippen molar-refractivity contribution in [1.29, 1.82) is 0 Å². The van der Waals surface area contributed by atoms with E-state index in [1.165, 1.54) is 11.3 Å². The molecule has 1 aliphatic rings. The zero-order chi connectivity index (χ0) is 23.9. The van der Waals surface area contributed by atoms with Crippen LogP contribution in [0.5, 0.6) is 5.75 Å². The summed E-state index contributed by atoms with van der Waals surface area (Å²) in [7, 11) is 0. The maximum atomic E-state index is 12.9. The third-order valence-corrected chi connectivity index (χ3v) is 6.45. The number of benzene rings is 2. The fourth-order valence-corrected chi connectivity index (χ4v) is 4.56. The summed E-state index contributed by atoms with van der Waals surface area (Å²) in [5.74, 6) is -0.453. The van der Waals surface area contributed by atoms with Crippen molar-refractivity contribution in [3.8, 4) is 16.9 Å². The Kier molecular flexibility index (Phi) is 7.59. The minimum absolute atomic E-state index is 0.0214. The number of hydrogen-bond acceptors (Lipinski definition) is 5. The van der Waals surface area contributed by atoms with E-state index in [0.717, 1.165) is 11.1 Å². The fraction of sp³-hybridized carbons (Fsp3) is 0.269. The number of carbonyl (C=O) groups is 3. The van der Waals surface area contributed by atoms with Crippen molar-refractivity contribution >= 4 is 29.1 Å². The van der Waals surface area contributed by atoms with Gasteiger partial charge in [0.2, 0.25) is 5.91 Å². The molecule has 0 radical (unpaired) electrons. The van der Waals surface area contributed by atoms with Gasteiger partial charge in [-0.3, -0.25) is 14.4 Å². The molecule has 2 aromatic carbocycles.